The van der Waals surface area contributed by atoms with Gasteiger partial charge in [-0.2, -0.15) is 0 Å². The van der Waals surface area contributed by atoms with Crippen LogP contribution in [0.1, 0.15) is 15.9 Å². The van der Waals surface area contributed by atoms with Crippen LogP contribution in [0.15, 0.2) is 103 Å². The minimum Gasteiger partial charge on any atom is -0.496 e. The maximum absolute atomic E-state index is 13.8. The van der Waals surface area contributed by atoms with Gasteiger partial charge in [0.1, 0.15) is 29.1 Å². The Balaban J connectivity index is 1.45. The molecule has 4 aromatic carbocycles. The Morgan fingerprint density at radius 2 is 1.50 bits per heavy atom. The average Bonchev–Trinajstić information content (AvgIpc) is 2.94. The van der Waals surface area contributed by atoms with Crippen LogP contribution in [0.2, 0.25) is 0 Å². The quantitative estimate of drug-likeness (QED) is 0.273. The molecule has 0 fully saturated rings. The van der Waals surface area contributed by atoms with E-state index in [1.54, 1.807) is 24.3 Å². The van der Waals surface area contributed by atoms with Crippen molar-refractivity contribution in [1.82, 2.24) is 5.32 Å². The minimum atomic E-state index is -1.07. The fourth-order valence-electron chi connectivity index (χ4n) is 3.61. The molecular weight excluding hydrogens is 487 g/mol. The van der Waals surface area contributed by atoms with Crippen molar-refractivity contribution in [2.24, 2.45) is 0 Å². The Hall–Kier alpha value is -4.69. The first kappa shape index (κ1) is 26.4. The standard InChI is InChI=1S/C30H27FN2O5/c1-36-28-17-12-22(31)18-26(28)29(34)33-27(20-37-19-21-8-4-2-5-9-21)30(35)32-23-13-15-25(16-14-23)38-24-10-6-3-7-11-24/h2-18,27H,19-20H2,1H3,(H,32,35)(H,33,34). The zero-order valence-electron chi connectivity index (χ0n) is 20.7. The number of anilines is 1. The number of carbonyl (C=O) groups is 2. The number of para-hydroxylation sites is 1. The molecule has 2 N–H and O–H groups in total. The van der Waals surface area contributed by atoms with E-state index in [0.29, 0.717) is 17.2 Å². The summed E-state index contributed by atoms with van der Waals surface area (Å²) in [6.45, 7) is 0.134. The number of hydrogen-bond donors (Lipinski definition) is 2. The molecule has 38 heavy (non-hydrogen) atoms. The van der Waals surface area contributed by atoms with Gasteiger partial charge in [0.05, 0.1) is 25.9 Å². The normalized spacial score (nSPS) is 11.3. The molecule has 0 radical (unpaired) electrons. The molecule has 4 rings (SSSR count). The van der Waals surface area contributed by atoms with E-state index in [9.17, 15) is 14.0 Å². The summed E-state index contributed by atoms with van der Waals surface area (Å²) in [4.78, 5) is 26.2. The molecule has 0 spiro atoms. The number of benzene rings is 4. The number of methoxy groups -OCH3 is 1. The predicted molar refractivity (Wildman–Crippen MR) is 142 cm³/mol. The molecule has 4 aromatic rings. The molecule has 194 valence electrons. The van der Waals surface area contributed by atoms with Crippen LogP contribution >= 0.6 is 0 Å². The largest absolute Gasteiger partial charge is 0.496 e. The highest BCUT2D eigenvalue weighted by atomic mass is 19.1. The molecule has 2 amide bonds. The lowest BCUT2D eigenvalue weighted by atomic mass is 10.1. The zero-order chi connectivity index (χ0) is 26.7. The summed E-state index contributed by atoms with van der Waals surface area (Å²) in [6.07, 6.45) is 0. The van der Waals surface area contributed by atoms with E-state index in [0.717, 1.165) is 11.6 Å². The lowest BCUT2D eigenvalue weighted by Gasteiger charge is -2.20. The molecule has 0 bridgehead atoms. The number of ether oxygens (including phenoxy) is 3. The number of carbonyl (C=O) groups excluding carboxylic acids is 2. The topological polar surface area (TPSA) is 85.9 Å². The van der Waals surface area contributed by atoms with Crippen molar-refractivity contribution in [2.45, 2.75) is 12.6 Å². The molecule has 0 aliphatic heterocycles. The fourth-order valence-corrected chi connectivity index (χ4v) is 3.61. The summed E-state index contributed by atoms with van der Waals surface area (Å²) in [6, 6.07) is 28.1. The lowest BCUT2D eigenvalue weighted by Crippen LogP contribution is -2.46. The monoisotopic (exact) mass is 514 g/mol. The highest BCUT2D eigenvalue weighted by Gasteiger charge is 2.24. The number of halogens is 1. The van der Waals surface area contributed by atoms with Gasteiger partial charge in [-0.05, 0) is 60.2 Å². The van der Waals surface area contributed by atoms with E-state index >= 15 is 0 Å². The minimum absolute atomic E-state index is 0.0317. The van der Waals surface area contributed by atoms with E-state index in [1.165, 1.54) is 19.2 Å². The zero-order valence-corrected chi connectivity index (χ0v) is 20.7. The smallest absolute Gasteiger partial charge is 0.255 e. The molecule has 0 aliphatic rings. The van der Waals surface area contributed by atoms with Crippen molar-refractivity contribution in [3.63, 3.8) is 0 Å². The van der Waals surface area contributed by atoms with E-state index in [1.807, 2.05) is 60.7 Å². The Kier molecular flexibility index (Phi) is 9.04. The van der Waals surface area contributed by atoms with Gasteiger partial charge in [0, 0.05) is 5.69 Å². The van der Waals surface area contributed by atoms with Crippen molar-refractivity contribution >= 4 is 17.5 Å². The number of nitrogens with one attached hydrogen (secondary N) is 2. The Bertz CT molecular complexity index is 1350. The Labute approximate surface area is 220 Å². The number of amides is 2. The van der Waals surface area contributed by atoms with Gasteiger partial charge in [-0.1, -0.05) is 48.5 Å². The first-order valence-electron chi connectivity index (χ1n) is 11.9. The van der Waals surface area contributed by atoms with E-state index < -0.39 is 23.7 Å². The summed E-state index contributed by atoms with van der Waals surface area (Å²) in [5.41, 5.74) is 1.38. The third kappa shape index (κ3) is 7.41. The van der Waals surface area contributed by atoms with Crippen LogP contribution in [0.3, 0.4) is 0 Å². The van der Waals surface area contributed by atoms with Crippen LogP contribution in [-0.4, -0.2) is 31.6 Å². The second-order valence-electron chi connectivity index (χ2n) is 8.30. The van der Waals surface area contributed by atoms with Crippen LogP contribution in [-0.2, 0) is 16.1 Å². The first-order valence-corrected chi connectivity index (χ1v) is 11.9. The molecule has 7 nitrogen and oxygen atoms in total. The van der Waals surface area contributed by atoms with Crippen LogP contribution in [0.5, 0.6) is 17.2 Å². The summed E-state index contributed by atoms with van der Waals surface area (Å²) in [5.74, 6) is -0.300. The molecule has 1 unspecified atom stereocenters. The van der Waals surface area contributed by atoms with Gasteiger partial charge in [0.25, 0.3) is 5.91 Å². The molecule has 0 aliphatic carbocycles. The van der Waals surface area contributed by atoms with Gasteiger partial charge in [-0.3, -0.25) is 9.59 Å². The molecule has 0 saturated heterocycles. The summed E-state index contributed by atoms with van der Waals surface area (Å²) in [7, 11) is 1.38. The highest BCUT2D eigenvalue weighted by molar-refractivity contribution is 6.02. The first-order chi connectivity index (χ1) is 18.5. The van der Waals surface area contributed by atoms with Crippen LogP contribution < -0.4 is 20.1 Å². The Morgan fingerprint density at radius 1 is 0.842 bits per heavy atom. The van der Waals surface area contributed by atoms with Crippen molar-refractivity contribution in [1.29, 1.82) is 0 Å². The SMILES string of the molecule is COc1ccc(F)cc1C(=O)NC(COCc1ccccc1)C(=O)Nc1ccc(Oc2ccccc2)cc1. The van der Waals surface area contributed by atoms with E-state index in [-0.39, 0.29) is 24.5 Å². The van der Waals surface area contributed by atoms with Crippen LogP contribution in [0.4, 0.5) is 10.1 Å². The third-order valence-corrected chi connectivity index (χ3v) is 5.52. The van der Waals surface area contributed by atoms with Crippen LogP contribution in [0, 0.1) is 5.82 Å². The van der Waals surface area contributed by atoms with Crippen LogP contribution in [0.25, 0.3) is 0 Å². The van der Waals surface area contributed by atoms with Crippen molar-refractivity contribution in [2.75, 3.05) is 19.0 Å². The second-order valence-corrected chi connectivity index (χ2v) is 8.30. The van der Waals surface area contributed by atoms with Gasteiger partial charge < -0.3 is 24.8 Å². The van der Waals surface area contributed by atoms with Crippen molar-refractivity contribution < 1.29 is 28.2 Å². The summed E-state index contributed by atoms with van der Waals surface area (Å²) in [5, 5.41) is 5.42. The van der Waals surface area contributed by atoms with Gasteiger partial charge in [-0.25, -0.2) is 4.39 Å². The molecule has 0 heterocycles. The Morgan fingerprint density at radius 3 is 2.18 bits per heavy atom. The summed E-state index contributed by atoms with van der Waals surface area (Å²) >= 11 is 0. The van der Waals surface area contributed by atoms with Gasteiger partial charge >= 0.3 is 0 Å². The summed E-state index contributed by atoms with van der Waals surface area (Å²) < 4.78 is 30.5. The molecule has 0 saturated carbocycles. The molecule has 0 aromatic heterocycles. The van der Waals surface area contributed by atoms with Gasteiger partial charge in [0.2, 0.25) is 5.91 Å². The molecule has 8 heteroatoms. The maximum atomic E-state index is 13.8. The average molecular weight is 515 g/mol. The molecule has 1 atom stereocenters. The second kappa shape index (κ2) is 13.0. The highest BCUT2D eigenvalue weighted by Crippen LogP contribution is 2.23. The lowest BCUT2D eigenvalue weighted by molar-refractivity contribution is -0.119. The number of rotatable bonds is 11. The van der Waals surface area contributed by atoms with Crippen molar-refractivity contribution in [3.8, 4) is 17.2 Å². The fraction of sp³-hybridized carbons (Fsp3) is 0.133. The maximum Gasteiger partial charge on any atom is 0.255 e. The van der Waals surface area contributed by atoms with E-state index in [4.69, 9.17) is 14.2 Å². The number of hydrogen-bond acceptors (Lipinski definition) is 5. The van der Waals surface area contributed by atoms with E-state index in [2.05, 4.69) is 10.6 Å². The third-order valence-electron chi connectivity index (χ3n) is 5.52. The molecular formula is C30H27FN2O5. The van der Waals surface area contributed by atoms with Gasteiger partial charge in [0.15, 0.2) is 0 Å². The van der Waals surface area contributed by atoms with Crippen molar-refractivity contribution in [3.05, 3.63) is 120 Å². The van der Waals surface area contributed by atoms with Gasteiger partial charge in [-0.15, -0.1) is 0 Å². The predicted octanol–water partition coefficient (Wildman–Crippen LogP) is 5.58.